The maximum absolute atomic E-state index is 5.23. The predicted molar refractivity (Wildman–Crippen MR) is 75.4 cm³/mol. The molecule has 0 amide bonds. The summed E-state index contributed by atoms with van der Waals surface area (Å²) in [5.41, 5.74) is 0. The molecule has 0 saturated heterocycles. The van der Waals surface area contributed by atoms with Crippen LogP contribution >= 0.6 is 23.1 Å². The van der Waals surface area contributed by atoms with E-state index in [1.165, 1.54) is 0 Å². The van der Waals surface area contributed by atoms with Gasteiger partial charge in [-0.1, -0.05) is 23.1 Å². The molecule has 0 bridgehead atoms. The first-order valence-electron chi connectivity index (χ1n) is 5.62. The Labute approximate surface area is 115 Å². The monoisotopic (exact) mass is 284 g/mol. The SMILES string of the molecule is CN(C)c1nnc(SCCNCc2ccco2)s1. The fraction of sp³-hybridized carbons (Fsp3) is 0.455. The highest BCUT2D eigenvalue weighted by atomic mass is 32.2. The number of thioether (sulfide) groups is 1. The summed E-state index contributed by atoms with van der Waals surface area (Å²) in [6, 6.07) is 3.87. The third kappa shape index (κ3) is 4.01. The first-order chi connectivity index (χ1) is 8.75. The molecule has 2 aromatic rings. The summed E-state index contributed by atoms with van der Waals surface area (Å²) in [7, 11) is 3.94. The van der Waals surface area contributed by atoms with Crippen LogP contribution in [0.3, 0.4) is 0 Å². The highest BCUT2D eigenvalue weighted by molar-refractivity contribution is 8.01. The quantitative estimate of drug-likeness (QED) is 0.620. The summed E-state index contributed by atoms with van der Waals surface area (Å²) in [4.78, 5) is 1.97. The Kier molecular flexibility index (Phi) is 5.03. The Balaban J connectivity index is 1.62. The van der Waals surface area contributed by atoms with Crippen LogP contribution in [0.25, 0.3) is 0 Å². The molecule has 1 N–H and O–H groups in total. The van der Waals surface area contributed by atoms with Crippen LogP contribution in [0.2, 0.25) is 0 Å². The van der Waals surface area contributed by atoms with Crippen LogP contribution in [0, 0.1) is 0 Å². The van der Waals surface area contributed by atoms with Crippen LogP contribution in [0.15, 0.2) is 27.2 Å². The van der Waals surface area contributed by atoms with E-state index in [-0.39, 0.29) is 0 Å². The summed E-state index contributed by atoms with van der Waals surface area (Å²) in [5.74, 6) is 1.94. The molecular formula is C11H16N4OS2. The van der Waals surface area contributed by atoms with Crippen molar-refractivity contribution in [3.05, 3.63) is 24.2 Å². The second-order valence-corrected chi connectivity index (χ2v) is 6.15. The average molecular weight is 284 g/mol. The average Bonchev–Trinajstić information content (AvgIpc) is 2.98. The highest BCUT2D eigenvalue weighted by Crippen LogP contribution is 2.26. The highest BCUT2D eigenvalue weighted by Gasteiger charge is 2.05. The third-order valence-electron chi connectivity index (χ3n) is 2.16. The number of hydrogen-bond acceptors (Lipinski definition) is 7. The summed E-state index contributed by atoms with van der Waals surface area (Å²) >= 11 is 3.34. The van der Waals surface area contributed by atoms with Crippen molar-refractivity contribution in [2.75, 3.05) is 31.3 Å². The van der Waals surface area contributed by atoms with Crippen molar-refractivity contribution in [2.45, 2.75) is 10.9 Å². The molecule has 0 fully saturated rings. The van der Waals surface area contributed by atoms with E-state index in [1.54, 1.807) is 29.4 Å². The van der Waals surface area contributed by atoms with E-state index in [0.717, 1.165) is 34.1 Å². The van der Waals surface area contributed by atoms with E-state index in [9.17, 15) is 0 Å². The van der Waals surface area contributed by atoms with Crippen molar-refractivity contribution in [1.29, 1.82) is 0 Å². The number of hydrogen-bond donors (Lipinski definition) is 1. The topological polar surface area (TPSA) is 54.2 Å². The van der Waals surface area contributed by atoms with Gasteiger partial charge in [-0.05, 0) is 12.1 Å². The number of nitrogens with zero attached hydrogens (tertiary/aromatic N) is 3. The van der Waals surface area contributed by atoms with Gasteiger partial charge in [0.2, 0.25) is 5.13 Å². The van der Waals surface area contributed by atoms with Gasteiger partial charge in [0.25, 0.3) is 0 Å². The second-order valence-electron chi connectivity index (χ2n) is 3.85. The molecule has 0 atom stereocenters. The Morgan fingerprint density at radius 3 is 3.00 bits per heavy atom. The van der Waals surface area contributed by atoms with Gasteiger partial charge < -0.3 is 14.6 Å². The van der Waals surface area contributed by atoms with Gasteiger partial charge in [-0.2, -0.15) is 0 Å². The summed E-state index contributed by atoms with van der Waals surface area (Å²) < 4.78 is 6.25. The molecule has 0 aromatic carbocycles. The fourth-order valence-corrected chi connectivity index (χ4v) is 3.01. The fourth-order valence-electron chi connectivity index (χ4n) is 1.28. The van der Waals surface area contributed by atoms with Gasteiger partial charge >= 0.3 is 0 Å². The first-order valence-corrected chi connectivity index (χ1v) is 7.42. The second kappa shape index (κ2) is 6.77. The van der Waals surface area contributed by atoms with Gasteiger partial charge in [-0.3, -0.25) is 0 Å². The minimum absolute atomic E-state index is 0.770. The Bertz CT molecular complexity index is 455. The van der Waals surface area contributed by atoms with Gasteiger partial charge in [0.15, 0.2) is 4.34 Å². The zero-order valence-electron chi connectivity index (χ0n) is 10.4. The molecule has 0 aliphatic rings. The molecule has 0 radical (unpaired) electrons. The standard InChI is InChI=1S/C11H16N4OS2/c1-15(2)10-13-14-11(18-10)17-7-5-12-8-9-4-3-6-16-9/h3-4,6,12H,5,7-8H2,1-2H3. The molecule has 18 heavy (non-hydrogen) atoms. The van der Waals surface area contributed by atoms with E-state index in [1.807, 2.05) is 31.1 Å². The molecule has 5 nitrogen and oxygen atoms in total. The molecular weight excluding hydrogens is 268 g/mol. The van der Waals surface area contributed by atoms with Crippen LogP contribution in [-0.2, 0) is 6.54 Å². The summed E-state index contributed by atoms with van der Waals surface area (Å²) in [6.07, 6.45) is 1.69. The minimum atomic E-state index is 0.770. The van der Waals surface area contributed by atoms with Gasteiger partial charge in [-0.15, -0.1) is 10.2 Å². The van der Waals surface area contributed by atoms with Crippen LogP contribution in [0.1, 0.15) is 5.76 Å². The van der Waals surface area contributed by atoms with E-state index >= 15 is 0 Å². The predicted octanol–water partition coefficient (Wildman–Crippen LogP) is 2.08. The minimum Gasteiger partial charge on any atom is -0.468 e. The van der Waals surface area contributed by atoms with Crippen molar-refractivity contribution < 1.29 is 4.42 Å². The van der Waals surface area contributed by atoms with E-state index in [0.29, 0.717) is 0 Å². The van der Waals surface area contributed by atoms with E-state index in [4.69, 9.17) is 4.42 Å². The van der Waals surface area contributed by atoms with E-state index < -0.39 is 0 Å². The first kappa shape index (κ1) is 13.4. The molecule has 2 aromatic heterocycles. The van der Waals surface area contributed by atoms with Gasteiger partial charge in [0, 0.05) is 26.4 Å². The molecule has 2 rings (SSSR count). The van der Waals surface area contributed by atoms with Gasteiger partial charge in [0.05, 0.1) is 12.8 Å². The van der Waals surface area contributed by atoms with Crippen LogP contribution in [-0.4, -0.2) is 36.6 Å². The van der Waals surface area contributed by atoms with Crippen molar-refractivity contribution in [3.8, 4) is 0 Å². The largest absolute Gasteiger partial charge is 0.468 e. The smallest absolute Gasteiger partial charge is 0.208 e. The lowest BCUT2D eigenvalue weighted by molar-refractivity contribution is 0.488. The Morgan fingerprint density at radius 1 is 1.44 bits per heavy atom. The van der Waals surface area contributed by atoms with Crippen LogP contribution in [0.4, 0.5) is 5.13 Å². The maximum atomic E-state index is 5.23. The number of aromatic nitrogens is 2. The van der Waals surface area contributed by atoms with Crippen LogP contribution < -0.4 is 10.2 Å². The third-order valence-corrected chi connectivity index (χ3v) is 4.39. The molecule has 7 heteroatoms. The lowest BCUT2D eigenvalue weighted by atomic mass is 10.4. The lowest BCUT2D eigenvalue weighted by Crippen LogP contribution is -2.15. The van der Waals surface area contributed by atoms with Gasteiger partial charge in [-0.25, -0.2) is 0 Å². The van der Waals surface area contributed by atoms with Crippen molar-refractivity contribution in [2.24, 2.45) is 0 Å². The molecule has 0 aliphatic heterocycles. The van der Waals surface area contributed by atoms with Crippen molar-refractivity contribution in [3.63, 3.8) is 0 Å². The number of rotatable bonds is 7. The van der Waals surface area contributed by atoms with Crippen molar-refractivity contribution >= 4 is 28.2 Å². The number of furan rings is 1. The zero-order valence-corrected chi connectivity index (χ0v) is 12.1. The summed E-state index contributed by atoms with van der Waals surface area (Å²) in [5, 5.41) is 12.5. The normalized spacial score (nSPS) is 10.8. The van der Waals surface area contributed by atoms with Crippen molar-refractivity contribution in [1.82, 2.24) is 15.5 Å². The Hall–Kier alpha value is -1.05. The molecule has 0 spiro atoms. The Morgan fingerprint density at radius 2 is 2.33 bits per heavy atom. The maximum Gasteiger partial charge on any atom is 0.208 e. The molecule has 0 saturated carbocycles. The number of nitrogens with one attached hydrogen (secondary N) is 1. The van der Waals surface area contributed by atoms with E-state index in [2.05, 4.69) is 15.5 Å². The zero-order chi connectivity index (χ0) is 12.8. The lowest BCUT2D eigenvalue weighted by Gasteiger charge is -2.03. The molecule has 0 unspecified atom stereocenters. The molecule has 2 heterocycles. The van der Waals surface area contributed by atoms with Crippen LogP contribution in [0.5, 0.6) is 0 Å². The number of anilines is 1. The molecule has 0 aliphatic carbocycles. The summed E-state index contributed by atoms with van der Waals surface area (Å²) in [6.45, 7) is 1.69. The van der Waals surface area contributed by atoms with Gasteiger partial charge in [0.1, 0.15) is 5.76 Å². The molecule has 98 valence electrons.